The zero-order valence-electron chi connectivity index (χ0n) is 15.5. The van der Waals surface area contributed by atoms with Crippen LogP contribution in [0, 0.1) is 17.2 Å². The summed E-state index contributed by atoms with van der Waals surface area (Å²) in [6.07, 6.45) is 3.96. The number of allylic oxidation sites excluding steroid dienone is 1. The van der Waals surface area contributed by atoms with Crippen molar-refractivity contribution in [2.45, 2.75) is 56.8 Å². The van der Waals surface area contributed by atoms with E-state index in [2.05, 4.69) is 39.9 Å². The highest BCUT2D eigenvalue weighted by molar-refractivity contribution is 6.74. The molecule has 0 aromatic heterocycles. The molecule has 1 aromatic rings. The fourth-order valence-corrected chi connectivity index (χ4v) is 4.66. The van der Waals surface area contributed by atoms with Crippen molar-refractivity contribution in [3.63, 3.8) is 0 Å². The molecule has 3 rings (SSSR count). The summed E-state index contributed by atoms with van der Waals surface area (Å²) in [4.78, 5) is 12.6. The predicted octanol–water partition coefficient (Wildman–Crippen LogP) is 4.33. The molecule has 0 spiro atoms. The van der Waals surface area contributed by atoms with Crippen LogP contribution in [-0.4, -0.2) is 20.4 Å². The molecule has 4 nitrogen and oxygen atoms in total. The van der Waals surface area contributed by atoms with Crippen LogP contribution in [0.25, 0.3) is 0 Å². The van der Waals surface area contributed by atoms with Gasteiger partial charge in [0.1, 0.15) is 11.2 Å². The summed E-state index contributed by atoms with van der Waals surface area (Å²) in [5.74, 6) is -0.398. The van der Waals surface area contributed by atoms with Crippen molar-refractivity contribution in [2.24, 2.45) is 5.92 Å². The Balaban J connectivity index is 2.15. The average Bonchev–Trinajstić information content (AvgIpc) is 2.54. The summed E-state index contributed by atoms with van der Waals surface area (Å²) in [7, 11) is -2.13. The van der Waals surface area contributed by atoms with Crippen LogP contribution in [0.3, 0.4) is 0 Å². The quantitative estimate of drug-likeness (QED) is 0.343. The molecule has 132 valence electrons. The minimum absolute atomic E-state index is 0.0130. The van der Waals surface area contributed by atoms with E-state index in [9.17, 15) is 10.1 Å². The largest absolute Gasteiger partial charge is 0.426 e. The number of fused-ring (bicyclic) bond motifs is 3. The van der Waals surface area contributed by atoms with E-state index in [1.54, 1.807) is 6.07 Å². The number of carbonyl (C=O) groups excluding carboxylic acids is 1. The number of ether oxygens (including phenoxy) is 1. The Kier molecular flexibility index (Phi) is 4.17. The lowest BCUT2D eigenvalue weighted by atomic mass is 9.62. The Morgan fingerprint density at radius 3 is 2.64 bits per heavy atom. The molecule has 2 aliphatic rings. The van der Waals surface area contributed by atoms with Gasteiger partial charge in [0, 0.05) is 5.56 Å². The van der Waals surface area contributed by atoms with Crippen molar-refractivity contribution in [1.82, 2.24) is 0 Å². The Bertz CT molecular complexity index is 772. The third-order valence-electron chi connectivity index (χ3n) is 5.92. The first kappa shape index (κ1) is 17.9. The SMILES string of the molecule is CC(C)(C)[Si](C)(C)O[C@@H]1C=CC[C@@H]2C(=O)Oc3ccccc3[C@@]21C#N. The fourth-order valence-electron chi connectivity index (χ4n) is 3.40. The van der Waals surface area contributed by atoms with Crippen LogP contribution < -0.4 is 4.74 Å². The number of hydrogen-bond donors (Lipinski definition) is 0. The normalized spacial score (nSPS) is 28.6. The number of nitriles is 1. The smallest absolute Gasteiger partial charge is 0.316 e. The average molecular weight is 356 g/mol. The predicted molar refractivity (Wildman–Crippen MR) is 98.7 cm³/mol. The van der Waals surface area contributed by atoms with E-state index in [1.807, 2.05) is 30.4 Å². The molecule has 1 aromatic carbocycles. The van der Waals surface area contributed by atoms with E-state index in [4.69, 9.17) is 9.16 Å². The first-order chi connectivity index (χ1) is 11.6. The van der Waals surface area contributed by atoms with Crippen molar-refractivity contribution >= 4 is 14.3 Å². The van der Waals surface area contributed by atoms with Crippen molar-refractivity contribution in [3.05, 3.63) is 42.0 Å². The van der Waals surface area contributed by atoms with E-state index in [1.165, 1.54) is 0 Å². The van der Waals surface area contributed by atoms with Gasteiger partial charge in [-0.3, -0.25) is 4.79 Å². The maximum absolute atomic E-state index is 12.6. The molecular formula is C20H25NO3Si. The van der Waals surface area contributed by atoms with E-state index < -0.39 is 25.8 Å². The second kappa shape index (κ2) is 5.82. The number of esters is 1. The van der Waals surface area contributed by atoms with Gasteiger partial charge in [-0.05, 0) is 30.6 Å². The first-order valence-corrected chi connectivity index (χ1v) is 11.6. The van der Waals surface area contributed by atoms with Crippen LogP contribution in [0.4, 0.5) is 0 Å². The summed E-state index contributed by atoms with van der Waals surface area (Å²) in [6, 6.07) is 9.82. The van der Waals surface area contributed by atoms with Crippen LogP contribution in [0.15, 0.2) is 36.4 Å². The van der Waals surface area contributed by atoms with Gasteiger partial charge in [0.05, 0.1) is 18.1 Å². The van der Waals surface area contributed by atoms with Gasteiger partial charge >= 0.3 is 5.97 Å². The molecule has 0 bridgehead atoms. The number of carbonyl (C=O) groups is 1. The molecule has 0 saturated carbocycles. The molecule has 0 N–H and O–H groups in total. The minimum Gasteiger partial charge on any atom is -0.426 e. The third-order valence-corrected chi connectivity index (χ3v) is 10.4. The maximum Gasteiger partial charge on any atom is 0.316 e. The number of benzene rings is 1. The van der Waals surface area contributed by atoms with Gasteiger partial charge < -0.3 is 9.16 Å². The van der Waals surface area contributed by atoms with Gasteiger partial charge in [-0.15, -0.1) is 0 Å². The van der Waals surface area contributed by atoms with Crippen LogP contribution in [-0.2, 0) is 14.6 Å². The van der Waals surface area contributed by atoms with Crippen molar-refractivity contribution in [2.75, 3.05) is 0 Å². The summed E-state index contributed by atoms with van der Waals surface area (Å²) < 4.78 is 12.1. The summed E-state index contributed by atoms with van der Waals surface area (Å²) in [5.41, 5.74) is -0.272. The molecule has 0 unspecified atom stereocenters. The van der Waals surface area contributed by atoms with Gasteiger partial charge in [-0.2, -0.15) is 5.26 Å². The minimum atomic E-state index is -2.13. The van der Waals surface area contributed by atoms with E-state index in [0.717, 1.165) is 5.56 Å². The molecule has 3 atom stereocenters. The van der Waals surface area contributed by atoms with E-state index >= 15 is 0 Å². The number of nitrogens with zero attached hydrogens (tertiary/aromatic N) is 1. The highest BCUT2D eigenvalue weighted by atomic mass is 28.4. The Morgan fingerprint density at radius 2 is 2.00 bits per heavy atom. The highest BCUT2D eigenvalue weighted by Gasteiger charge is 2.58. The zero-order chi connectivity index (χ0) is 18.5. The highest BCUT2D eigenvalue weighted by Crippen LogP contribution is 2.51. The van der Waals surface area contributed by atoms with Crippen LogP contribution in [0.1, 0.15) is 32.8 Å². The zero-order valence-corrected chi connectivity index (χ0v) is 16.5. The van der Waals surface area contributed by atoms with Crippen molar-refractivity contribution in [1.29, 1.82) is 5.26 Å². The van der Waals surface area contributed by atoms with E-state index in [0.29, 0.717) is 12.2 Å². The summed E-state index contributed by atoms with van der Waals surface area (Å²) in [6.45, 7) is 10.9. The lowest BCUT2D eigenvalue weighted by Gasteiger charge is -2.48. The molecule has 5 heteroatoms. The molecule has 1 heterocycles. The molecule has 0 amide bonds. The number of hydrogen-bond acceptors (Lipinski definition) is 4. The van der Waals surface area contributed by atoms with Crippen LogP contribution >= 0.6 is 0 Å². The second-order valence-corrected chi connectivity index (χ2v) is 13.2. The van der Waals surface area contributed by atoms with Gasteiger partial charge in [0.15, 0.2) is 8.32 Å². The molecule has 0 fully saturated rings. The molecule has 0 radical (unpaired) electrons. The molecule has 1 aliphatic heterocycles. The van der Waals surface area contributed by atoms with Gasteiger partial charge in [-0.1, -0.05) is 51.1 Å². The molecular weight excluding hydrogens is 330 g/mol. The van der Waals surface area contributed by atoms with Crippen molar-refractivity contribution in [3.8, 4) is 11.8 Å². The Hall–Kier alpha value is -1.90. The lowest BCUT2D eigenvalue weighted by molar-refractivity contribution is -0.144. The fraction of sp³-hybridized carbons (Fsp3) is 0.500. The maximum atomic E-state index is 12.6. The summed E-state index contributed by atoms with van der Waals surface area (Å²) in [5, 5.41) is 10.3. The Labute approximate surface area is 150 Å². The second-order valence-electron chi connectivity index (χ2n) is 8.41. The number of rotatable bonds is 2. The van der Waals surface area contributed by atoms with Gasteiger partial charge in [-0.25, -0.2) is 0 Å². The van der Waals surface area contributed by atoms with E-state index in [-0.39, 0.29) is 11.0 Å². The Morgan fingerprint density at radius 1 is 1.32 bits per heavy atom. The molecule has 0 saturated heterocycles. The lowest BCUT2D eigenvalue weighted by Crippen LogP contribution is -2.57. The number of para-hydroxylation sites is 1. The van der Waals surface area contributed by atoms with Crippen LogP contribution in [0.2, 0.25) is 18.1 Å². The van der Waals surface area contributed by atoms with Crippen LogP contribution in [0.5, 0.6) is 5.75 Å². The first-order valence-electron chi connectivity index (χ1n) is 8.70. The van der Waals surface area contributed by atoms with Gasteiger partial charge in [0.2, 0.25) is 0 Å². The van der Waals surface area contributed by atoms with Crippen molar-refractivity contribution < 1.29 is 14.0 Å². The van der Waals surface area contributed by atoms with Gasteiger partial charge in [0.25, 0.3) is 0 Å². The monoisotopic (exact) mass is 355 g/mol. The molecule has 25 heavy (non-hydrogen) atoms. The standard InChI is InChI=1S/C20H25NO3Si/c1-19(2,3)25(4,5)24-17-12-8-10-15-18(22)23-16-11-7-6-9-14(16)20(15,17)13-21/h6-9,11-12,15,17H,10H2,1-5H3/t15-,17-,20+/m1/s1. The third kappa shape index (κ3) is 2.64. The molecule has 1 aliphatic carbocycles. The topological polar surface area (TPSA) is 59.3 Å². The summed E-state index contributed by atoms with van der Waals surface area (Å²) >= 11 is 0.